The largest absolute Gasteiger partial charge is 0.497 e. The summed E-state index contributed by atoms with van der Waals surface area (Å²) in [4.78, 5) is 2.54. The SMILES string of the molecule is CCCc1ccc(N2CCC(Cc3ccc(OC)cc3)CC2)cc1. The van der Waals surface area contributed by atoms with Gasteiger partial charge in [0.15, 0.2) is 0 Å². The minimum absolute atomic E-state index is 0.800. The van der Waals surface area contributed by atoms with Gasteiger partial charge in [0, 0.05) is 18.8 Å². The first-order valence-electron chi connectivity index (χ1n) is 9.25. The lowest BCUT2D eigenvalue weighted by Gasteiger charge is -2.34. The maximum Gasteiger partial charge on any atom is 0.118 e. The Labute approximate surface area is 146 Å². The molecule has 1 fully saturated rings. The van der Waals surface area contributed by atoms with Gasteiger partial charge in [-0.25, -0.2) is 0 Å². The zero-order valence-electron chi connectivity index (χ0n) is 15.0. The number of benzene rings is 2. The number of ether oxygens (including phenoxy) is 1. The van der Waals surface area contributed by atoms with Crippen LogP contribution in [0.4, 0.5) is 5.69 Å². The van der Waals surface area contributed by atoms with E-state index < -0.39 is 0 Å². The molecule has 0 N–H and O–H groups in total. The highest BCUT2D eigenvalue weighted by Crippen LogP contribution is 2.26. The maximum absolute atomic E-state index is 5.24. The van der Waals surface area contributed by atoms with Crippen LogP contribution in [0.3, 0.4) is 0 Å². The van der Waals surface area contributed by atoms with Gasteiger partial charge in [-0.1, -0.05) is 37.6 Å². The number of hydrogen-bond acceptors (Lipinski definition) is 2. The van der Waals surface area contributed by atoms with Gasteiger partial charge in [-0.15, -0.1) is 0 Å². The van der Waals surface area contributed by atoms with E-state index in [9.17, 15) is 0 Å². The molecule has 24 heavy (non-hydrogen) atoms. The molecular weight excluding hydrogens is 294 g/mol. The van der Waals surface area contributed by atoms with Crippen molar-refractivity contribution in [1.29, 1.82) is 0 Å². The fourth-order valence-corrected chi connectivity index (χ4v) is 3.65. The van der Waals surface area contributed by atoms with Gasteiger partial charge in [-0.2, -0.15) is 0 Å². The van der Waals surface area contributed by atoms with Crippen molar-refractivity contribution in [1.82, 2.24) is 0 Å². The standard InChI is InChI=1S/C22H29NO/c1-3-4-18-5-9-21(10-6-18)23-15-13-20(14-16-23)17-19-7-11-22(24-2)12-8-19/h5-12,20H,3-4,13-17H2,1-2H3. The van der Waals surface area contributed by atoms with Crippen molar-refractivity contribution in [3.05, 3.63) is 59.7 Å². The molecule has 0 radical (unpaired) electrons. The molecule has 0 saturated carbocycles. The Bertz CT molecular complexity index is 609. The first kappa shape index (κ1) is 16.9. The Balaban J connectivity index is 1.51. The van der Waals surface area contributed by atoms with E-state index in [4.69, 9.17) is 4.74 Å². The Morgan fingerprint density at radius 2 is 1.54 bits per heavy atom. The summed E-state index contributed by atoms with van der Waals surface area (Å²) < 4.78 is 5.24. The van der Waals surface area contributed by atoms with Crippen LogP contribution in [-0.4, -0.2) is 20.2 Å². The van der Waals surface area contributed by atoms with Crippen molar-refractivity contribution in [3.8, 4) is 5.75 Å². The highest BCUT2D eigenvalue weighted by Gasteiger charge is 2.19. The second-order valence-electron chi connectivity index (χ2n) is 6.90. The Morgan fingerprint density at radius 1 is 0.917 bits per heavy atom. The highest BCUT2D eigenvalue weighted by atomic mass is 16.5. The van der Waals surface area contributed by atoms with Gasteiger partial charge in [0.1, 0.15) is 5.75 Å². The molecule has 1 aliphatic rings. The zero-order valence-corrected chi connectivity index (χ0v) is 15.0. The van der Waals surface area contributed by atoms with Crippen molar-refractivity contribution < 1.29 is 4.74 Å². The number of anilines is 1. The highest BCUT2D eigenvalue weighted by molar-refractivity contribution is 5.48. The molecule has 0 amide bonds. The lowest BCUT2D eigenvalue weighted by Crippen LogP contribution is -2.34. The normalized spacial score (nSPS) is 15.5. The van der Waals surface area contributed by atoms with Crippen LogP contribution in [0.2, 0.25) is 0 Å². The molecule has 0 unspecified atom stereocenters. The van der Waals surface area contributed by atoms with Crippen LogP contribution in [0.15, 0.2) is 48.5 Å². The minimum atomic E-state index is 0.800. The van der Waals surface area contributed by atoms with Crippen LogP contribution >= 0.6 is 0 Å². The van der Waals surface area contributed by atoms with Crippen molar-refractivity contribution in [2.75, 3.05) is 25.1 Å². The van der Waals surface area contributed by atoms with E-state index in [1.54, 1.807) is 7.11 Å². The smallest absolute Gasteiger partial charge is 0.118 e. The quantitative estimate of drug-likeness (QED) is 0.732. The molecule has 2 nitrogen and oxygen atoms in total. The second kappa shape index (κ2) is 8.23. The van der Waals surface area contributed by atoms with Gasteiger partial charge < -0.3 is 9.64 Å². The summed E-state index contributed by atoms with van der Waals surface area (Å²) in [5.74, 6) is 1.74. The Morgan fingerprint density at radius 3 is 2.12 bits per heavy atom. The van der Waals surface area contributed by atoms with Crippen LogP contribution in [0.1, 0.15) is 37.3 Å². The first-order chi connectivity index (χ1) is 11.8. The predicted molar refractivity (Wildman–Crippen MR) is 102 cm³/mol. The lowest BCUT2D eigenvalue weighted by molar-refractivity contribution is 0.402. The lowest BCUT2D eigenvalue weighted by atomic mass is 9.90. The van der Waals surface area contributed by atoms with Crippen molar-refractivity contribution >= 4 is 5.69 Å². The summed E-state index contributed by atoms with van der Waals surface area (Å²) in [5.41, 5.74) is 4.27. The van der Waals surface area contributed by atoms with E-state index >= 15 is 0 Å². The van der Waals surface area contributed by atoms with E-state index in [1.807, 2.05) is 0 Å². The van der Waals surface area contributed by atoms with Gasteiger partial charge >= 0.3 is 0 Å². The first-order valence-corrected chi connectivity index (χ1v) is 9.25. The molecule has 0 bridgehead atoms. The van der Waals surface area contributed by atoms with E-state index in [2.05, 4.69) is 60.4 Å². The monoisotopic (exact) mass is 323 g/mol. The number of aryl methyl sites for hydroxylation is 1. The maximum atomic E-state index is 5.24. The third-order valence-corrected chi connectivity index (χ3v) is 5.14. The average Bonchev–Trinajstić information content (AvgIpc) is 2.64. The van der Waals surface area contributed by atoms with Gasteiger partial charge in [0.05, 0.1) is 7.11 Å². The Kier molecular flexibility index (Phi) is 5.79. The predicted octanol–water partition coefficient (Wildman–Crippen LogP) is 5.11. The fourth-order valence-electron chi connectivity index (χ4n) is 3.65. The minimum Gasteiger partial charge on any atom is -0.497 e. The number of piperidine rings is 1. The summed E-state index contributed by atoms with van der Waals surface area (Å²) in [7, 11) is 1.72. The average molecular weight is 323 g/mol. The van der Waals surface area contributed by atoms with E-state index in [-0.39, 0.29) is 0 Å². The molecule has 0 atom stereocenters. The van der Waals surface area contributed by atoms with Gasteiger partial charge in [-0.05, 0) is 67.0 Å². The molecule has 3 rings (SSSR count). The number of methoxy groups -OCH3 is 1. The van der Waals surface area contributed by atoms with Crippen LogP contribution < -0.4 is 9.64 Å². The summed E-state index contributed by atoms with van der Waals surface area (Å²) in [6.45, 7) is 4.59. The van der Waals surface area contributed by atoms with E-state index in [0.29, 0.717) is 0 Å². The second-order valence-corrected chi connectivity index (χ2v) is 6.90. The van der Waals surface area contributed by atoms with Crippen molar-refractivity contribution in [2.45, 2.75) is 39.0 Å². The molecular formula is C22H29NO. The third kappa shape index (κ3) is 4.31. The number of hydrogen-bond donors (Lipinski definition) is 0. The van der Waals surface area contributed by atoms with Gasteiger partial charge in [-0.3, -0.25) is 0 Å². The van der Waals surface area contributed by atoms with Crippen molar-refractivity contribution in [3.63, 3.8) is 0 Å². The van der Waals surface area contributed by atoms with Gasteiger partial charge in [0.25, 0.3) is 0 Å². The van der Waals surface area contributed by atoms with Crippen molar-refractivity contribution in [2.24, 2.45) is 5.92 Å². The van der Waals surface area contributed by atoms with Crippen LogP contribution in [0.5, 0.6) is 5.75 Å². The fraction of sp³-hybridized carbons (Fsp3) is 0.455. The molecule has 0 aliphatic carbocycles. The van der Waals surface area contributed by atoms with Crippen LogP contribution in [0, 0.1) is 5.92 Å². The molecule has 0 spiro atoms. The number of nitrogens with zero attached hydrogens (tertiary/aromatic N) is 1. The topological polar surface area (TPSA) is 12.5 Å². The molecule has 1 heterocycles. The number of rotatable bonds is 6. The Hall–Kier alpha value is -1.96. The zero-order chi connectivity index (χ0) is 16.8. The summed E-state index contributed by atoms with van der Waals surface area (Å²) in [6, 6.07) is 17.7. The summed E-state index contributed by atoms with van der Waals surface area (Å²) >= 11 is 0. The summed E-state index contributed by atoms with van der Waals surface area (Å²) in [5, 5.41) is 0. The molecule has 0 aromatic heterocycles. The molecule has 1 aliphatic heterocycles. The van der Waals surface area contributed by atoms with Crippen LogP contribution in [-0.2, 0) is 12.8 Å². The van der Waals surface area contributed by atoms with Crippen LogP contribution in [0.25, 0.3) is 0 Å². The molecule has 128 valence electrons. The molecule has 2 aromatic carbocycles. The van der Waals surface area contributed by atoms with E-state index in [0.717, 1.165) is 11.7 Å². The van der Waals surface area contributed by atoms with Gasteiger partial charge in [0.2, 0.25) is 0 Å². The molecule has 1 saturated heterocycles. The van der Waals surface area contributed by atoms with E-state index in [1.165, 1.54) is 62.0 Å². The third-order valence-electron chi connectivity index (χ3n) is 5.14. The molecule has 2 aromatic rings. The molecule has 2 heteroatoms. The summed E-state index contributed by atoms with van der Waals surface area (Å²) in [6.07, 6.45) is 6.15.